The van der Waals surface area contributed by atoms with E-state index in [1.807, 2.05) is 19.1 Å². The van der Waals surface area contributed by atoms with E-state index >= 15 is 0 Å². The quantitative estimate of drug-likeness (QED) is 0.856. The first-order valence-corrected chi connectivity index (χ1v) is 8.25. The zero-order valence-electron chi connectivity index (χ0n) is 11.3. The van der Waals surface area contributed by atoms with Crippen molar-refractivity contribution in [1.82, 2.24) is 4.90 Å². The molecule has 0 aliphatic carbocycles. The average molecular weight is 329 g/mol. The van der Waals surface area contributed by atoms with Crippen molar-refractivity contribution in [3.05, 3.63) is 29.3 Å². The van der Waals surface area contributed by atoms with Gasteiger partial charge >= 0.3 is 0 Å². The summed E-state index contributed by atoms with van der Waals surface area (Å²) in [6, 6.07) is 7.14. The first-order chi connectivity index (χ1) is 9.56. The maximum Gasteiger partial charge on any atom is 0.237 e. The molecule has 1 saturated heterocycles. The van der Waals surface area contributed by atoms with Crippen molar-refractivity contribution in [2.45, 2.75) is 25.0 Å². The minimum atomic E-state index is -0.220. The highest BCUT2D eigenvalue weighted by Gasteiger charge is 2.21. The molecule has 1 fully saturated rings. The summed E-state index contributed by atoms with van der Waals surface area (Å²) in [6.07, 6.45) is 2.37. The molecule has 1 N–H and O–H groups in total. The fourth-order valence-electron chi connectivity index (χ4n) is 1.99. The third-order valence-electron chi connectivity index (χ3n) is 3.10. The topological polar surface area (TPSA) is 32.3 Å². The summed E-state index contributed by atoms with van der Waals surface area (Å²) >= 11 is 12.7. The maximum atomic E-state index is 12.1. The van der Waals surface area contributed by atoms with E-state index in [0.717, 1.165) is 17.4 Å². The lowest BCUT2D eigenvalue weighted by Crippen LogP contribution is -2.29. The Morgan fingerprint density at radius 3 is 2.80 bits per heavy atom. The van der Waals surface area contributed by atoms with Crippen LogP contribution in [0.3, 0.4) is 0 Å². The first kappa shape index (κ1) is 15.6. The van der Waals surface area contributed by atoms with Crippen LogP contribution in [0.2, 0.25) is 5.02 Å². The van der Waals surface area contributed by atoms with Crippen molar-refractivity contribution in [3.8, 4) is 0 Å². The molecular formula is C14H17ClN2OS2. The second kappa shape index (κ2) is 7.29. The number of nitrogens with one attached hydrogen (secondary N) is 1. The van der Waals surface area contributed by atoms with Crippen LogP contribution in [0.25, 0.3) is 0 Å². The highest BCUT2D eigenvalue weighted by Crippen LogP contribution is 2.22. The van der Waals surface area contributed by atoms with Crippen LogP contribution in [-0.2, 0) is 4.79 Å². The predicted molar refractivity (Wildman–Crippen MR) is 90.5 cm³/mol. The number of anilines is 1. The van der Waals surface area contributed by atoms with Gasteiger partial charge in [0.1, 0.15) is 4.32 Å². The van der Waals surface area contributed by atoms with E-state index in [1.165, 1.54) is 24.6 Å². The summed E-state index contributed by atoms with van der Waals surface area (Å²) in [4.78, 5) is 14.3. The van der Waals surface area contributed by atoms with Crippen molar-refractivity contribution in [3.63, 3.8) is 0 Å². The number of amides is 1. The Hall–Kier alpha value is -0.780. The second-order valence-corrected chi connectivity index (χ2v) is 7.13. The van der Waals surface area contributed by atoms with Gasteiger partial charge < -0.3 is 10.2 Å². The number of halogens is 1. The third-order valence-corrected chi connectivity index (χ3v) is 4.91. The summed E-state index contributed by atoms with van der Waals surface area (Å²) < 4.78 is 0.816. The van der Waals surface area contributed by atoms with E-state index in [0.29, 0.717) is 10.7 Å². The Morgan fingerprint density at radius 2 is 2.15 bits per heavy atom. The van der Waals surface area contributed by atoms with Gasteiger partial charge in [0, 0.05) is 23.8 Å². The van der Waals surface area contributed by atoms with Gasteiger partial charge in [0.15, 0.2) is 0 Å². The number of nitrogens with zero attached hydrogens (tertiary/aromatic N) is 1. The molecule has 1 atom stereocenters. The van der Waals surface area contributed by atoms with Crippen LogP contribution < -0.4 is 5.32 Å². The third kappa shape index (κ3) is 4.36. The van der Waals surface area contributed by atoms with Crippen LogP contribution in [0.15, 0.2) is 24.3 Å². The van der Waals surface area contributed by atoms with E-state index in [-0.39, 0.29) is 11.2 Å². The van der Waals surface area contributed by atoms with E-state index in [2.05, 4.69) is 10.2 Å². The summed E-state index contributed by atoms with van der Waals surface area (Å²) in [5.74, 6) is -0.0567. The molecular weight excluding hydrogens is 312 g/mol. The van der Waals surface area contributed by atoms with Crippen molar-refractivity contribution in [2.75, 3.05) is 18.4 Å². The molecule has 1 aliphatic rings. The number of carbonyl (C=O) groups is 1. The molecule has 0 radical (unpaired) electrons. The van der Waals surface area contributed by atoms with Gasteiger partial charge in [-0.05, 0) is 38.0 Å². The summed E-state index contributed by atoms with van der Waals surface area (Å²) in [5, 5.41) is 3.24. The highest BCUT2D eigenvalue weighted by molar-refractivity contribution is 8.23. The van der Waals surface area contributed by atoms with Gasteiger partial charge in [-0.2, -0.15) is 0 Å². The van der Waals surface area contributed by atoms with Gasteiger partial charge in [-0.1, -0.05) is 41.6 Å². The number of carbonyl (C=O) groups excluding carboxylic acids is 1. The molecule has 0 spiro atoms. The first-order valence-electron chi connectivity index (χ1n) is 6.58. The van der Waals surface area contributed by atoms with Gasteiger partial charge in [-0.15, -0.1) is 0 Å². The van der Waals surface area contributed by atoms with Gasteiger partial charge in [-0.3, -0.25) is 4.79 Å². The Labute approximate surface area is 134 Å². The molecule has 2 rings (SSSR count). The van der Waals surface area contributed by atoms with E-state index in [1.54, 1.807) is 12.1 Å². The molecule has 0 saturated carbocycles. The molecule has 0 bridgehead atoms. The van der Waals surface area contributed by atoms with E-state index in [9.17, 15) is 4.79 Å². The minimum Gasteiger partial charge on any atom is -0.358 e. The number of hydrogen-bond donors (Lipinski definition) is 1. The number of thioether (sulfide) groups is 1. The summed E-state index contributed by atoms with van der Waals surface area (Å²) in [7, 11) is 0. The molecule has 0 aromatic heterocycles. The summed E-state index contributed by atoms with van der Waals surface area (Å²) in [6.45, 7) is 3.88. The molecule has 20 heavy (non-hydrogen) atoms. The lowest BCUT2D eigenvalue weighted by molar-refractivity contribution is -0.115. The molecule has 1 aromatic carbocycles. The van der Waals surface area contributed by atoms with Gasteiger partial charge in [0.2, 0.25) is 5.91 Å². The Morgan fingerprint density at radius 1 is 1.45 bits per heavy atom. The maximum absolute atomic E-state index is 12.1. The van der Waals surface area contributed by atoms with Crippen molar-refractivity contribution < 1.29 is 4.79 Å². The lowest BCUT2D eigenvalue weighted by Gasteiger charge is -2.20. The SMILES string of the molecule is CC(SC(=S)N1CCCC1)C(=O)Nc1cccc(Cl)c1. The average Bonchev–Trinajstić information content (AvgIpc) is 2.92. The van der Waals surface area contributed by atoms with Crippen molar-refractivity contribution in [2.24, 2.45) is 0 Å². The Kier molecular flexibility index (Phi) is 5.69. The van der Waals surface area contributed by atoms with Crippen LogP contribution in [0.4, 0.5) is 5.69 Å². The van der Waals surface area contributed by atoms with Crippen LogP contribution in [-0.4, -0.2) is 33.5 Å². The fraction of sp³-hybridized carbons (Fsp3) is 0.429. The molecule has 108 valence electrons. The van der Waals surface area contributed by atoms with Crippen LogP contribution >= 0.6 is 35.6 Å². The van der Waals surface area contributed by atoms with Crippen molar-refractivity contribution >= 4 is 51.5 Å². The van der Waals surface area contributed by atoms with Gasteiger partial charge in [-0.25, -0.2) is 0 Å². The van der Waals surface area contributed by atoms with E-state index < -0.39 is 0 Å². The van der Waals surface area contributed by atoms with E-state index in [4.69, 9.17) is 23.8 Å². The number of hydrogen-bond acceptors (Lipinski definition) is 3. The molecule has 1 unspecified atom stereocenters. The minimum absolute atomic E-state index is 0.0567. The van der Waals surface area contributed by atoms with Crippen molar-refractivity contribution in [1.29, 1.82) is 0 Å². The largest absolute Gasteiger partial charge is 0.358 e. The zero-order chi connectivity index (χ0) is 14.5. The fourth-order valence-corrected chi connectivity index (χ4v) is 3.60. The highest BCUT2D eigenvalue weighted by atomic mass is 35.5. The number of benzene rings is 1. The molecule has 1 heterocycles. The normalized spacial score (nSPS) is 16.0. The smallest absolute Gasteiger partial charge is 0.237 e. The molecule has 1 amide bonds. The molecule has 6 heteroatoms. The van der Waals surface area contributed by atoms with Crippen LogP contribution in [0, 0.1) is 0 Å². The van der Waals surface area contributed by atoms with Crippen LogP contribution in [0.1, 0.15) is 19.8 Å². The monoisotopic (exact) mass is 328 g/mol. The van der Waals surface area contributed by atoms with Crippen LogP contribution in [0.5, 0.6) is 0 Å². The second-order valence-electron chi connectivity index (χ2n) is 4.72. The molecule has 1 aromatic rings. The number of likely N-dealkylation sites (tertiary alicyclic amines) is 1. The number of rotatable bonds is 3. The van der Waals surface area contributed by atoms with Gasteiger partial charge in [0.25, 0.3) is 0 Å². The lowest BCUT2D eigenvalue weighted by atomic mass is 10.3. The molecule has 3 nitrogen and oxygen atoms in total. The standard InChI is InChI=1S/C14H17ClN2OS2/c1-10(20-14(19)17-7-2-3-8-17)13(18)16-12-6-4-5-11(15)9-12/h4-6,9-10H,2-3,7-8H2,1H3,(H,16,18). The Bertz CT molecular complexity index is 504. The predicted octanol–water partition coefficient (Wildman–Crippen LogP) is 3.78. The zero-order valence-corrected chi connectivity index (χ0v) is 13.7. The summed E-state index contributed by atoms with van der Waals surface area (Å²) in [5.41, 5.74) is 0.710. The van der Waals surface area contributed by atoms with Gasteiger partial charge in [0.05, 0.1) is 5.25 Å². The number of thiocarbonyl (C=S) groups is 1. The Balaban J connectivity index is 1.86. The molecule has 1 aliphatic heterocycles.